The molecule has 14 heavy (non-hydrogen) atoms. The second-order valence-corrected chi connectivity index (χ2v) is 2.90. The molecule has 0 unspecified atom stereocenters. The molecule has 0 saturated carbocycles. The van der Waals surface area contributed by atoms with Crippen molar-refractivity contribution >= 4 is 16.7 Å². The Bertz CT molecular complexity index is 518. The Kier molecular flexibility index (Phi) is 1.63. The molecule has 0 atom stereocenters. The number of benzene rings is 1. The number of rotatable bonds is 1. The molecule has 0 spiro atoms. The van der Waals surface area contributed by atoms with Crippen LogP contribution in [0.4, 0.5) is 5.69 Å². The summed E-state index contributed by atoms with van der Waals surface area (Å²) in [5.41, 5.74) is 0.850. The van der Waals surface area contributed by atoms with Crippen molar-refractivity contribution in [3.63, 3.8) is 0 Å². The zero-order valence-electron chi connectivity index (χ0n) is 7.34. The number of imidazole rings is 1. The summed E-state index contributed by atoms with van der Waals surface area (Å²) in [6, 6.07) is 4.12. The lowest BCUT2D eigenvalue weighted by Gasteiger charge is -1.93. The van der Waals surface area contributed by atoms with E-state index in [1.54, 1.807) is 6.92 Å². The summed E-state index contributed by atoms with van der Waals surface area (Å²) >= 11 is 0. The topological polar surface area (TPSA) is 81.2 Å². The number of aromatic nitrogens is 2. The fourth-order valence-electron chi connectivity index (χ4n) is 1.29. The van der Waals surface area contributed by atoms with Crippen molar-refractivity contribution in [3.05, 3.63) is 34.1 Å². The van der Waals surface area contributed by atoms with Gasteiger partial charge in [-0.3, -0.25) is 10.1 Å². The Balaban J connectivity index is 2.73. The van der Waals surface area contributed by atoms with E-state index in [1.807, 2.05) is 0 Å². The molecule has 72 valence electrons. The first-order chi connectivity index (χ1) is 6.59. The number of nitro benzene ring substituents is 1. The van der Waals surface area contributed by atoms with Crippen LogP contribution in [0.2, 0.25) is 0 Å². The maximum absolute atomic E-state index is 10.4. The minimum atomic E-state index is -0.495. The number of aryl methyl sites for hydroxylation is 1. The fourth-order valence-corrected chi connectivity index (χ4v) is 1.29. The summed E-state index contributed by atoms with van der Waals surface area (Å²) in [6.07, 6.45) is 0. The van der Waals surface area contributed by atoms with Crippen LogP contribution >= 0.6 is 0 Å². The molecule has 0 aliphatic heterocycles. The number of nitrogens with zero attached hydrogens (tertiary/aromatic N) is 3. The van der Waals surface area contributed by atoms with E-state index in [1.165, 1.54) is 18.2 Å². The monoisotopic (exact) mass is 193 g/mol. The van der Waals surface area contributed by atoms with Gasteiger partial charge in [0.1, 0.15) is 11.3 Å². The Morgan fingerprint density at radius 1 is 1.57 bits per heavy atom. The molecule has 0 saturated heterocycles. The Morgan fingerprint density at radius 3 is 2.93 bits per heavy atom. The maximum atomic E-state index is 10.4. The van der Waals surface area contributed by atoms with Crippen molar-refractivity contribution in [2.24, 2.45) is 0 Å². The van der Waals surface area contributed by atoms with Crippen LogP contribution in [0.3, 0.4) is 0 Å². The summed E-state index contributed by atoms with van der Waals surface area (Å²) in [4.78, 5) is 13.9. The molecule has 0 radical (unpaired) electrons. The summed E-state index contributed by atoms with van der Waals surface area (Å²) in [5.74, 6) is 0.403. The molecule has 2 rings (SSSR count). The zero-order valence-corrected chi connectivity index (χ0v) is 7.34. The molecule has 0 fully saturated rings. The Morgan fingerprint density at radius 2 is 2.29 bits per heavy atom. The predicted octanol–water partition coefficient (Wildman–Crippen LogP) is 1.49. The van der Waals surface area contributed by atoms with Gasteiger partial charge in [-0.05, 0) is 13.0 Å². The largest absolute Gasteiger partial charge is 0.427 e. The Hall–Kier alpha value is -2.11. The van der Waals surface area contributed by atoms with Crippen molar-refractivity contribution in [1.82, 2.24) is 9.71 Å². The molecule has 1 N–H and O–H groups in total. The zero-order chi connectivity index (χ0) is 10.3. The van der Waals surface area contributed by atoms with Crippen LogP contribution in [-0.4, -0.2) is 19.8 Å². The third-order valence-corrected chi connectivity index (χ3v) is 1.99. The molecule has 0 amide bonds. The smallest absolute Gasteiger partial charge is 0.271 e. The molecule has 6 heteroatoms. The maximum Gasteiger partial charge on any atom is 0.271 e. The van der Waals surface area contributed by atoms with Crippen molar-refractivity contribution in [1.29, 1.82) is 0 Å². The first kappa shape index (κ1) is 8.49. The van der Waals surface area contributed by atoms with Crippen molar-refractivity contribution in [2.45, 2.75) is 6.92 Å². The van der Waals surface area contributed by atoms with E-state index in [4.69, 9.17) is 0 Å². The summed E-state index contributed by atoms with van der Waals surface area (Å²) in [7, 11) is 0. The van der Waals surface area contributed by atoms with Crippen LogP contribution in [0.25, 0.3) is 11.0 Å². The van der Waals surface area contributed by atoms with Crippen LogP contribution in [0.5, 0.6) is 0 Å². The quantitative estimate of drug-likeness (QED) is 0.422. The average molecular weight is 193 g/mol. The normalized spacial score (nSPS) is 10.6. The second-order valence-electron chi connectivity index (χ2n) is 2.90. The molecule has 0 bridgehead atoms. The highest BCUT2D eigenvalue weighted by atomic mass is 16.6. The number of nitro groups is 1. The van der Waals surface area contributed by atoms with Gasteiger partial charge in [-0.2, -0.15) is 4.73 Å². The minimum absolute atomic E-state index is 0.0319. The second kappa shape index (κ2) is 2.69. The average Bonchev–Trinajstić information content (AvgIpc) is 2.42. The van der Waals surface area contributed by atoms with E-state index in [9.17, 15) is 15.3 Å². The third-order valence-electron chi connectivity index (χ3n) is 1.99. The van der Waals surface area contributed by atoms with Gasteiger partial charge in [0.15, 0.2) is 0 Å². The van der Waals surface area contributed by atoms with Gasteiger partial charge < -0.3 is 5.21 Å². The number of hydrogen-bond donors (Lipinski definition) is 1. The highest BCUT2D eigenvalue weighted by Crippen LogP contribution is 2.20. The Labute approximate surface area is 78.5 Å². The van der Waals surface area contributed by atoms with Crippen molar-refractivity contribution in [3.8, 4) is 0 Å². The number of hydrogen-bond acceptors (Lipinski definition) is 4. The molecule has 2 aromatic rings. The van der Waals surface area contributed by atoms with E-state index in [-0.39, 0.29) is 5.69 Å². The fraction of sp³-hybridized carbons (Fsp3) is 0.125. The van der Waals surface area contributed by atoms with Gasteiger partial charge in [-0.15, -0.1) is 0 Å². The van der Waals surface area contributed by atoms with E-state index >= 15 is 0 Å². The van der Waals surface area contributed by atoms with Crippen LogP contribution in [0, 0.1) is 17.0 Å². The van der Waals surface area contributed by atoms with Gasteiger partial charge in [-0.25, -0.2) is 4.98 Å². The highest BCUT2D eigenvalue weighted by molar-refractivity contribution is 5.78. The van der Waals surface area contributed by atoms with Gasteiger partial charge in [0, 0.05) is 12.1 Å². The van der Waals surface area contributed by atoms with Crippen LogP contribution in [-0.2, 0) is 0 Å². The van der Waals surface area contributed by atoms with Crippen molar-refractivity contribution in [2.75, 3.05) is 0 Å². The molecule has 1 heterocycles. The SMILES string of the molecule is Cc1nc2cc([N+](=O)[O-])ccc2n1O. The van der Waals surface area contributed by atoms with Gasteiger partial charge >= 0.3 is 0 Å². The van der Waals surface area contributed by atoms with Crippen LogP contribution in [0.1, 0.15) is 5.82 Å². The lowest BCUT2D eigenvalue weighted by Crippen LogP contribution is -1.92. The van der Waals surface area contributed by atoms with E-state index in [0.29, 0.717) is 16.9 Å². The minimum Gasteiger partial charge on any atom is -0.427 e. The number of fused-ring (bicyclic) bond motifs is 1. The summed E-state index contributed by atoms with van der Waals surface area (Å²) in [5, 5.41) is 19.9. The van der Waals surface area contributed by atoms with Crippen LogP contribution < -0.4 is 0 Å². The van der Waals surface area contributed by atoms with E-state index < -0.39 is 4.92 Å². The third kappa shape index (κ3) is 1.08. The predicted molar refractivity (Wildman–Crippen MR) is 48.3 cm³/mol. The first-order valence-corrected chi connectivity index (χ1v) is 3.92. The summed E-state index contributed by atoms with van der Waals surface area (Å²) in [6.45, 7) is 1.62. The van der Waals surface area contributed by atoms with E-state index in [2.05, 4.69) is 4.98 Å². The molecule has 1 aromatic carbocycles. The summed E-state index contributed by atoms with van der Waals surface area (Å²) < 4.78 is 0.902. The van der Waals surface area contributed by atoms with Gasteiger partial charge in [0.2, 0.25) is 0 Å². The molecular formula is C8H7N3O3. The van der Waals surface area contributed by atoms with Gasteiger partial charge in [0.25, 0.3) is 5.69 Å². The molecule has 1 aromatic heterocycles. The molecule has 0 aliphatic rings. The van der Waals surface area contributed by atoms with Gasteiger partial charge in [-0.1, -0.05) is 0 Å². The number of non-ortho nitro benzene ring substituents is 1. The molecule has 6 nitrogen and oxygen atoms in total. The van der Waals surface area contributed by atoms with E-state index in [0.717, 1.165) is 4.73 Å². The molecular weight excluding hydrogens is 186 g/mol. The molecule has 0 aliphatic carbocycles. The van der Waals surface area contributed by atoms with Crippen LogP contribution in [0.15, 0.2) is 18.2 Å². The van der Waals surface area contributed by atoms with Gasteiger partial charge in [0.05, 0.1) is 10.4 Å². The standard InChI is InChI=1S/C8H7N3O3/c1-5-9-7-4-6(11(13)14)2-3-8(7)10(5)12/h2-4,12H,1H3. The first-order valence-electron chi connectivity index (χ1n) is 3.92. The highest BCUT2D eigenvalue weighted by Gasteiger charge is 2.11. The lowest BCUT2D eigenvalue weighted by molar-refractivity contribution is -0.384. The van der Waals surface area contributed by atoms with Crippen molar-refractivity contribution < 1.29 is 10.1 Å². The lowest BCUT2D eigenvalue weighted by atomic mass is 10.3.